The third-order valence-electron chi connectivity index (χ3n) is 7.74. The van der Waals surface area contributed by atoms with Crippen molar-refractivity contribution in [2.45, 2.75) is 18.7 Å². The standard InChI is InChI=1S/C29H24BF3N2O6/c1-16(2)26(36)35-11-9-34(10-12-35)19-5-8-22-25(15-19)40-24-14-18(30(38)39)4-7-21(24)28(22)23-13-17(29(31,32)33)3-6-20(23)27(37)41-28/h3-8,13-15,38-39H,1,9-12H2,2H3. The van der Waals surface area contributed by atoms with Crippen LogP contribution < -0.4 is 15.1 Å². The lowest BCUT2D eigenvalue weighted by molar-refractivity contribution is -0.137. The minimum atomic E-state index is -4.67. The molecule has 3 aliphatic heterocycles. The molecule has 210 valence electrons. The summed E-state index contributed by atoms with van der Waals surface area (Å²) in [7, 11) is -1.83. The number of rotatable bonds is 3. The second kappa shape index (κ2) is 9.39. The molecule has 1 atom stereocenters. The van der Waals surface area contributed by atoms with Crippen LogP contribution in [0.4, 0.5) is 18.9 Å². The Bertz CT molecular complexity index is 1620. The molecule has 3 aromatic rings. The molecule has 3 heterocycles. The molecule has 2 N–H and O–H groups in total. The number of hydrogen-bond donors (Lipinski definition) is 2. The molecule has 3 aromatic carbocycles. The first-order valence-corrected chi connectivity index (χ1v) is 12.9. The van der Waals surface area contributed by atoms with Gasteiger partial charge in [0.15, 0.2) is 5.60 Å². The van der Waals surface area contributed by atoms with Gasteiger partial charge in [0.05, 0.1) is 11.1 Å². The third-order valence-corrected chi connectivity index (χ3v) is 7.74. The summed E-state index contributed by atoms with van der Waals surface area (Å²) in [6, 6.07) is 12.2. The lowest BCUT2D eigenvalue weighted by Gasteiger charge is -2.39. The van der Waals surface area contributed by atoms with Crippen molar-refractivity contribution in [3.63, 3.8) is 0 Å². The number of hydrogen-bond acceptors (Lipinski definition) is 7. The van der Waals surface area contributed by atoms with E-state index in [2.05, 4.69) is 6.58 Å². The summed E-state index contributed by atoms with van der Waals surface area (Å²) in [4.78, 5) is 29.1. The SMILES string of the molecule is C=C(C)C(=O)N1CCN(c2ccc3c(c2)Oc2cc(B(O)O)ccc2C32OC(=O)c3ccc(C(F)(F)F)cc32)CC1. The molecule has 1 unspecified atom stereocenters. The number of fused-ring (bicyclic) bond motifs is 6. The molecular weight excluding hydrogens is 540 g/mol. The van der Waals surface area contributed by atoms with Crippen molar-refractivity contribution in [3.05, 3.63) is 94.6 Å². The fourth-order valence-electron chi connectivity index (χ4n) is 5.70. The van der Waals surface area contributed by atoms with Crippen molar-refractivity contribution in [2.75, 3.05) is 31.1 Å². The van der Waals surface area contributed by atoms with Crippen molar-refractivity contribution >= 4 is 30.1 Å². The van der Waals surface area contributed by atoms with Crippen LogP contribution in [0.2, 0.25) is 0 Å². The Morgan fingerprint density at radius 3 is 2.24 bits per heavy atom. The summed E-state index contributed by atoms with van der Waals surface area (Å²) in [6.45, 7) is 7.36. The fraction of sp³-hybridized carbons (Fsp3) is 0.241. The molecule has 41 heavy (non-hydrogen) atoms. The zero-order valence-corrected chi connectivity index (χ0v) is 21.9. The van der Waals surface area contributed by atoms with Gasteiger partial charge < -0.3 is 29.3 Å². The van der Waals surface area contributed by atoms with E-state index in [0.717, 1.165) is 23.9 Å². The number of amides is 1. The molecular formula is C29H24BF3N2O6. The van der Waals surface area contributed by atoms with E-state index in [-0.39, 0.29) is 39.6 Å². The first-order valence-electron chi connectivity index (χ1n) is 12.9. The van der Waals surface area contributed by atoms with E-state index in [9.17, 15) is 32.8 Å². The van der Waals surface area contributed by atoms with Gasteiger partial charge in [0.1, 0.15) is 11.5 Å². The monoisotopic (exact) mass is 564 g/mol. The highest BCUT2D eigenvalue weighted by Gasteiger charge is 2.54. The Kier molecular flexibility index (Phi) is 6.16. The maximum Gasteiger partial charge on any atom is 0.488 e. The Labute approximate surface area is 233 Å². The van der Waals surface area contributed by atoms with Gasteiger partial charge in [-0.15, -0.1) is 0 Å². The van der Waals surface area contributed by atoms with Gasteiger partial charge in [-0.05, 0) is 48.8 Å². The summed E-state index contributed by atoms with van der Waals surface area (Å²) >= 11 is 0. The Balaban J connectivity index is 1.48. The summed E-state index contributed by atoms with van der Waals surface area (Å²) in [5.74, 6) is -0.562. The first-order chi connectivity index (χ1) is 19.4. The smallest absolute Gasteiger partial charge is 0.456 e. The molecule has 0 radical (unpaired) electrons. The largest absolute Gasteiger partial charge is 0.488 e. The van der Waals surface area contributed by atoms with E-state index < -0.39 is 30.4 Å². The van der Waals surface area contributed by atoms with Crippen LogP contribution in [-0.2, 0) is 21.3 Å². The van der Waals surface area contributed by atoms with Crippen molar-refractivity contribution in [3.8, 4) is 11.5 Å². The number of carbonyl (C=O) groups excluding carboxylic acids is 2. The average Bonchev–Trinajstić information content (AvgIpc) is 3.23. The molecule has 3 aliphatic rings. The maximum atomic E-state index is 13.8. The van der Waals surface area contributed by atoms with Gasteiger partial charge in [-0.1, -0.05) is 18.7 Å². The molecule has 0 aliphatic carbocycles. The zero-order valence-electron chi connectivity index (χ0n) is 21.9. The second-order valence-corrected chi connectivity index (χ2v) is 10.3. The molecule has 1 fully saturated rings. The topological polar surface area (TPSA) is 99.5 Å². The third kappa shape index (κ3) is 4.25. The molecule has 1 spiro atoms. The van der Waals surface area contributed by atoms with Gasteiger partial charge in [-0.3, -0.25) is 4.79 Å². The molecule has 0 saturated carbocycles. The van der Waals surface area contributed by atoms with Crippen LogP contribution in [0.5, 0.6) is 11.5 Å². The Morgan fingerprint density at radius 2 is 1.61 bits per heavy atom. The van der Waals surface area contributed by atoms with Crippen molar-refractivity contribution in [2.24, 2.45) is 0 Å². The molecule has 8 nitrogen and oxygen atoms in total. The van der Waals surface area contributed by atoms with Gasteiger partial charge >= 0.3 is 19.3 Å². The molecule has 0 aromatic heterocycles. The normalized spacial score (nSPS) is 19.2. The van der Waals surface area contributed by atoms with Gasteiger partial charge in [-0.25, -0.2) is 4.79 Å². The number of halogens is 3. The molecule has 1 amide bonds. The van der Waals surface area contributed by atoms with E-state index in [4.69, 9.17) is 9.47 Å². The van der Waals surface area contributed by atoms with Crippen LogP contribution in [0.25, 0.3) is 0 Å². The van der Waals surface area contributed by atoms with Crippen LogP contribution in [-0.4, -0.2) is 60.1 Å². The van der Waals surface area contributed by atoms with Crippen LogP contribution in [0, 0.1) is 0 Å². The van der Waals surface area contributed by atoms with Crippen molar-refractivity contribution in [1.29, 1.82) is 0 Å². The van der Waals surface area contributed by atoms with E-state index >= 15 is 0 Å². The number of esters is 1. The van der Waals surface area contributed by atoms with Crippen molar-refractivity contribution in [1.82, 2.24) is 4.90 Å². The predicted molar refractivity (Wildman–Crippen MR) is 143 cm³/mol. The number of carbonyl (C=O) groups is 2. The molecule has 12 heteroatoms. The number of ether oxygens (including phenoxy) is 2. The quantitative estimate of drug-likeness (QED) is 0.287. The predicted octanol–water partition coefficient (Wildman–Crippen LogP) is 3.18. The lowest BCUT2D eigenvalue weighted by Crippen LogP contribution is -2.49. The van der Waals surface area contributed by atoms with Crippen LogP contribution in [0.1, 0.15) is 39.5 Å². The van der Waals surface area contributed by atoms with Gasteiger partial charge in [-0.2, -0.15) is 13.2 Å². The number of alkyl halides is 3. The molecule has 1 saturated heterocycles. The highest BCUT2D eigenvalue weighted by atomic mass is 19.4. The number of anilines is 1. The number of benzene rings is 3. The molecule has 0 bridgehead atoms. The second-order valence-electron chi connectivity index (χ2n) is 10.3. The lowest BCUT2D eigenvalue weighted by atomic mass is 9.74. The molecule has 6 rings (SSSR count). The maximum absolute atomic E-state index is 13.8. The number of nitrogens with zero attached hydrogens (tertiary/aromatic N) is 2. The summed E-state index contributed by atoms with van der Waals surface area (Å²) in [6.07, 6.45) is -4.67. The summed E-state index contributed by atoms with van der Waals surface area (Å²) in [5, 5.41) is 19.5. The van der Waals surface area contributed by atoms with E-state index in [1.54, 1.807) is 30.0 Å². The van der Waals surface area contributed by atoms with Gasteiger partial charge in [0.2, 0.25) is 5.91 Å². The summed E-state index contributed by atoms with van der Waals surface area (Å²) < 4.78 is 53.5. The van der Waals surface area contributed by atoms with Gasteiger partial charge in [0.25, 0.3) is 0 Å². The average molecular weight is 564 g/mol. The Hall–Kier alpha value is -4.29. The van der Waals surface area contributed by atoms with Gasteiger partial charge in [0, 0.05) is 60.2 Å². The minimum absolute atomic E-state index is 0.00885. The zero-order chi connectivity index (χ0) is 29.3. The fourth-order valence-corrected chi connectivity index (χ4v) is 5.70. The van der Waals surface area contributed by atoms with E-state index in [0.29, 0.717) is 37.3 Å². The number of piperazine rings is 1. The van der Waals surface area contributed by atoms with E-state index in [1.807, 2.05) is 4.90 Å². The summed E-state index contributed by atoms with van der Waals surface area (Å²) in [5.41, 5.74) is -0.843. The van der Waals surface area contributed by atoms with Crippen LogP contribution in [0.15, 0.2) is 66.7 Å². The van der Waals surface area contributed by atoms with Crippen molar-refractivity contribution < 1.29 is 42.3 Å². The highest BCUT2D eigenvalue weighted by molar-refractivity contribution is 6.58. The van der Waals surface area contributed by atoms with E-state index in [1.165, 1.54) is 18.2 Å². The Morgan fingerprint density at radius 1 is 0.951 bits per heavy atom. The minimum Gasteiger partial charge on any atom is -0.456 e. The first kappa shape index (κ1) is 26.9. The van der Waals surface area contributed by atoms with Crippen LogP contribution in [0.3, 0.4) is 0 Å². The van der Waals surface area contributed by atoms with Crippen LogP contribution >= 0.6 is 0 Å². The highest BCUT2D eigenvalue weighted by Crippen LogP contribution is 2.57.